The summed E-state index contributed by atoms with van der Waals surface area (Å²) in [5.74, 6) is 4.17. The molecule has 0 spiro atoms. The molecule has 27 heavy (non-hydrogen) atoms. The Balaban J connectivity index is 1.53. The summed E-state index contributed by atoms with van der Waals surface area (Å²) in [5.41, 5.74) is 2.46. The van der Waals surface area contributed by atoms with Crippen LogP contribution in [0, 0.1) is 40.4 Å². The first-order valence-corrected chi connectivity index (χ1v) is 11.8. The summed E-state index contributed by atoms with van der Waals surface area (Å²) >= 11 is 0. The van der Waals surface area contributed by atoms with Crippen LogP contribution >= 0.6 is 0 Å². The molecule has 0 amide bonds. The molecule has 0 aliphatic heterocycles. The predicted octanol–water partition coefficient (Wildman–Crippen LogP) is 5.72. The standard InChI is InChI=1S/C25H42O2/c1-16(5-6-17(2)26)21-9-10-22-20-8-7-18-15-19(27)11-13-24(18,3)23(20)12-14-25(21,22)4/h7,16-17,19-23,26-27H,5-6,8-15H2,1-4H3/t16-,17?,19+,20+,21-,22+,23+,24+,25-/m1/s1. The summed E-state index contributed by atoms with van der Waals surface area (Å²) in [7, 11) is 0. The molecule has 0 aromatic heterocycles. The summed E-state index contributed by atoms with van der Waals surface area (Å²) in [6.07, 6.45) is 14.4. The van der Waals surface area contributed by atoms with Gasteiger partial charge >= 0.3 is 0 Å². The van der Waals surface area contributed by atoms with Gasteiger partial charge in [-0.3, -0.25) is 0 Å². The van der Waals surface area contributed by atoms with E-state index in [1.807, 2.05) is 6.92 Å². The topological polar surface area (TPSA) is 40.5 Å². The predicted molar refractivity (Wildman–Crippen MR) is 111 cm³/mol. The van der Waals surface area contributed by atoms with Crippen LogP contribution in [0.3, 0.4) is 0 Å². The highest BCUT2D eigenvalue weighted by Gasteiger charge is 2.59. The molecule has 0 saturated heterocycles. The van der Waals surface area contributed by atoms with Crippen molar-refractivity contribution >= 4 is 0 Å². The van der Waals surface area contributed by atoms with E-state index < -0.39 is 0 Å². The lowest BCUT2D eigenvalue weighted by Crippen LogP contribution is -2.50. The smallest absolute Gasteiger partial charge is 0.0577 e. The maximum atomic E-state index is 10.2. The van der Waals surface area contributed by atoms with Gasteiger partial charge in [0.25, 0.3) is 0 Å². The van der Waals surface area contributed by atoms with Crippen LogP contribution in [0.4, 0.5) is 0 Å². The lowest BCUT2D eigenvalue weighted by Gasteiger charge is -2.58. The van der Waals surface area contributed by atoms with Gasteiger partial charge in [-0.25, -0.2) is 0 Å². The van der Waals surface area contributed by atoms with Gasteiger partial charge in [0.2, 0.25) is 0 Å². The highest BCUT2D eigenvalue weighted by molar-refractivity contribution is 5.25. The van der Waals surface area contributed by atoms with Crippen LogP contribution in [0.2, 0.25) is 0 Å². The summed E-state index contributed by atoms with van der Waals surface area (Å²) in [5, 5.41) is 19.9. The van der Waals surface area contributed by atoms with E-state index in [2.05, 4.69) is 26.8 Å². The van der Waals surface area contributed by atoms with Gasteiger partial charge in [-0.05, 0) is 112 Å². The average Bonchev–Trinajstić information content (AvgIpc) is 2.97. The largest absolute Gasteiger partial charge is 0.393 e. The minimum Gasteiger partial charge on any atom is -0.393 e. The maximum Gasteiger partial charge on any atom is 0.0577 e. The zero-order valence-corrected chi connectivity index (χ0v) is 18.1. The third-order valence-corrected chi connectivity index (χ3v) is 9.88. The van der Waals surface area contributed by atoms with Gasteiger partial charge in [-0.2, -0.15) is 0 Å². The minimum absolute atomic E-state index is 0.0969. The van der Waals surface area contributed by atoms with Crippen LogP contribution in [0.5, 0.6) is 0 Å². The van der Waals surface area contributed by atoms with Crippen molar-refractivity contribution in [3.63, 3.8) is 0 Å². The number of aliphatic hydroxyl groups excluding tert-OH is 2. The molecule has 2 N–H and O–H groups in total. The van der Waals surface area contributed by atoms with E-state index in [0.29, 0.717) is 10.8 Å². The first kappa shape index (κ1) is 20.0. The Morgan fingerprint density at radius 3 is 2.56 bits per heavy atom. The maximum absolute atomic E-state index is 10.2. The van der Waals surface area contributed by atoms with Crippen LogP contribution in [0.1, 0.15) is 91.9 Å². The average molecular weight is 375 g/mol. The van der Waals surface area contributed by atoms with E-state index in [1.54, 1.807) is 5.57 Å². The molecular formula is C25H42O2. The Bertz CT molecular complexity index is 581. The second-order valence-corrected chi connectivity index (χ2v) is 11.3. The summed E-state index contributed by atoms with van der Waals surface area (Å²) in [4.78, 5) is 0. The fraction of sp³-hybridized carbons (Fsp3) is 0.920. The highest BCUT2D eigenvalue weighted by Crippen LogP contribution is 2.67. The first-order chi connectivity index (χ1) is 12.8. The summed E-state index contributed by atoms with van der Waals surface area (Å²) in [6, 6.07) is 0. The van der Waals surface area contributed by atoms with Crippen molar-refractivity contribution in [1.82, 2.24) is 0 Å². The highest BCUT2D eigenvalue weighted by atomic mass is 16.3. The molecule has 0 heterocycles. The van der Waals surface area contributed by atoms with Gasteiger partial charge in [0, 0.05) is 0 Å². The van der Waals surface area contributed by atoms with E-state index in [4.69, 9.17) is 0 Å². The van der Waals surface area contributed by atoms with Gasteiger partial charge in [0.15, 0.2) is 0 Å². The lowest BCUT2D eigenvalue weighted by molar-refractivity contribution is -0.0577. The third-order valence-electron chi connectivity index (χ3n) is 9.88. The molecule has 0 bridgehead atoms. The Morgan fingerprint density at radius 1 is 1.04 bits per heavy atom. The van der Waals surface area contributed by atoms with Gasteiger partial charge in [-0.15, -0.1) is 0 Å². The molecule has 1 unspecified atom stereocenters. The molecule has 154 valence electrons. The SMILES string of the molecule is CC(O)CC[C@@H](C)[C@H]1CC[C@H]2[C@@H]3CC=C4C[C@@H](O)CC[C@]4(C)[C@H]3CC[C@]12C. The Labute approximate surface area is 166 Å². The molecule has 0 radical (unpaired) electrons. The molecule has 4 aliphatic carbocycles. The van der Waals surface area contributed by atoms with Crippen molar-refractivity contribution in [3.05, 3.63) is 11.6 Å². The van der Waals surface area contributed by atoms with Crippen molar-refractivity contribution in [2.45, 2.75) is 104 Å². The van der Waals surface area contributed by atoms with Crippen LogP contribution in [0.25, 0.3) is 0 Å². The third kappa shape index (κ3) is 3.23. The number of rotatable bonds is 4. The van der Waals surface area contributed by atoms with E-state index in [-0.39, 0.29) is 12.2 Å². The second kappa shape index (κ2) is 7.17. The summed E-state index contributed by atoms with van der Waals surface area (Å²) < 4.78 is 0. The minimum atomic E-state index is -0.156. The zero-order chi connectivity index (χ0) is 19.4. The van der Waals surface area contributed by atoms with Crippen molar-refractivity contribution in [2.75, 3.05) is 0 Å². The molecule has 0 aromatic rings. The second-order valence-electron chi connectivity index (χ2n) is 11.3. The van der Waals surface area contributed by atoms with Crippen LogP contribution in [-0.4, -0.2) is 22.4 Å². The molecule has 4 aliphatic rings. The number of allylic oxidation sites excluding steroid dienone is 1. The number of hydrogen-bond donors (Lipinski definition) is 2. The zero-order valence-electron chi connectivity index (χ0n) is 18.1. The number of aliphatic hydroxyl groups is 2. The van der Waals surface area contributed by atoms with Crippen molar-refractivity contribution < 1.29 is 10.2 Å². The quantitative estimate of drug-likeness (QED) is 0.618. The van der Waals surface area contributed by atoms with Gasteiger partial charge in [-0.1, -0.05) is 32.4 Å². The Hall–Kier alpha value is -0.340. The first-order valence-electron chi connectivity index (χ1n) is 11.8. The molecule has 3 saturated carbocycles. The monoisotopic (exact) mass is 374 g/mol. The van der Waals surface area contributed by atoms with Crippen LogP contribution < -0.4 is 0 Å². The Kier molecular flexibility index (Phi) is 5.30. The van der Waals surface area contributed by atoms with E-state index in [1.165, 1.54) is 44.9 Å². The van der Waals surface area contributed by atoms with E-state index >= 15 is 0 Å². The fourth-order valence-corrected chi connectivity index (χ4v) is 8.32. The molecule has 2 nitrogen and oxygen atoms in total. The molecule has 4 rings (SSSR count). The van der Waals surface area contributed by atoms with Crippen LogP contribution in [-0.2, 0) is 0 Å². The molecular weight excluding hydrogens is 332 g/mol. The van der Waals surface area contributed by atoms with Crippen molar-refractivity contribution in [1.29, 1.82) is 0 Å². The Morgan fingerprint density at radius 2 is 1.81 bits per heavy atom. The number of hydrogen-bond acceptors (Lipinski definition) is 2. The molecule has 9 atom stereocenters. The van der Waals surface area contributed by atoms with Crippen LogP contribution in [0.15, 0.2) is 11.6 Å². The molecule has 3 fully saturated rings. The van der Waals surface area contributed by atoms with Gasteiger partial charge < -0.3 is 10.2 Å². The van der Waals surface area contributed by atoms with Crippen molar-refractivity contribution in [3.8, 4) is 0 Å². The summed E-state index contributed by atoms with van der Waals surface area (Å²) in [6.45, 7) is 9.54. The molecule has 2 heteroatoms. The van der Waals surface area contributed by atoms with E-state index in [0.717, 1.165) is 48.9 Å². The van der Waals surface area contributed by atoms with Crippen molar-refractivity contribution in [2.24, 2.45) is 40.4 Å². The normalized spacial score (nSPS) is 48.8. The van der Waals surface area contributed by atoms with Gasteiger partial charge in [0.1, 0.15) is 0 Å². The lowest BCUT2D eigenvalue weighted by atomic mass is 9.47. The number of fused-ring (bicyclic) bond motifs is 5. The fourth-order valence-electron chi connectivity index (χ4n) is 8.32. The molecule has 0 aromatic carbocycles. The van der Waals surface area contributed by atoms with E-state index in [9.17, 15) is 10.2 Å². The van der Waals surface area contributed by atoms with Gasteiger partial charge in [0.05, 0.1) is 12.2 Å².